The van der Waals surface area contributed by atoms with Crippen LogP contribution in [0.2, 0.25) is 0 Å². The van der Waals surface area contributed by atoms with Crippen molar-refractivity contribution in [2.24, 2.45) is 0 Å². The van der Waals surface area contributed by atoms with Crippen LogP contribution in [0.1, 0.15) is 18.9 Å². The lowest BCUT2D eigenvalue weighted by Gasteiger charge is -2.18. The molecule has 7 rings (SSSR count). The lowest BCUT2D eigenvalue weighted by Crippen LogP contribution is -1.92. The van der Waals surface area contributed by atoms with Gasteiger partial charge in [0.15, 0.2) is 0 Å². The summed E-state index contributed by atoms with van der Waals surface area (Å²) in [5.74, 6) is 0. The van der Waals surface area contributed by atoms with Crippen molar-refractivity contribution in [3.8, 4) is 11.1 Å². The van der Waals surface area contributed by atoms with Crippen molar-refractivity contribution in [1.29, 1.82) is 0 Å². The van der Waals surface area contributed by atoms with E-state index in [9.17, 15) is 0 Å². The van der Waals surface area contributed by atoms with Crippen molar-refractivity contribution in [2.45, 2.75) is 13.3 Å². The molecule has 0 N–H and O–H groups in total. The number of fused-ring (bicyclic) bond motifs is 1. The fourth-order valence-corrected chi connectivity index (χ4v) is 5.90. The quantitative estimate of drug-likeness (QED) is 0.231. The zero-order valence-corrected chi connectivity index (χ0v) is 20.3. The van der Waals surface area contributed by atoms with E-state index in [1.807, 2.05) is 0 Å². The van der Waals surface area contributed by atoms with Crippen molar-refractivity contribution < 1.29 is 0 Å². The summed E-state index contributed by atoms with van der Waals surface area (Å²) in [4.78, 5) is 0. The van der Waals surface area contributed by atoms with Gasteiger partial charge in [-0.05, 0) is 84.3 Å². The highest BCUT2D eigenvalue weighted by atomic mass is 14.2. The van der Waals surface area contributed by atoms with Crippen molar-refractivity contribution in [1.82, 2.24) is 0 Å². The number of hydrogen-bond acceptors (Lipinski definition) is 0. The van der Waals surface area contributed by atoms with E-state index in [0.29, 0.717) is 0 Å². The van der Waals surface area contributed by atoms with E-state index in [2.05, 4.69) is 134 Å². The van der Waals surface area contributed by atoms with Gasteiger partial charge in [0, 0.05) is 0 Å². The van der Waals surface area contributed by atoms with Crippen LogP contribution in [-0.4, -0.2) is 0 Å². The molecule has 0 aromatic heterocycles. The van der Waals surface area contributed by atoms with Gasteiger partial charge in [0.2, 0.25) is 0 Å². The minimum absolute atomic E-state index is 0.980. The van der Waals surface area contributed by atoms with Crippen molar-refractivity contribution in [3.63, 3.8) is 0 Å². The maximum absolute atomic E-state index is 2.34. The molecule has 0 atom stereocenters. The third-order valence-electron chi connectivity index (χ3n) is 7.62. The molecule has 1 aliphatic carbocycles. The largest absolute Gasteiger partial charge is 0.0801 e. The molecule has 0 amide bonds. The minimum atomic E-state index is 0.980. The first kappa shape index (κ1) is 20.9. The van der Waals surface area contributed by atoms with Gasteiger partial charge in [-0.15, -0.1) is 0 Å². The van der Waals surface area contributed by atoms with E-state index in [1.165, 1.54) is 70.9 Å². The average molecular weight is 459 g/mol. The van der Waals surface area contributed by atoms with E-state index >= 15 is 0 Å². The number of benzene rings is 6. The fraction of sp³-hybridized carbons (Fsp3) is 0.0556. The topological polar surface area (TPSA) is 0 Å². The molecular formula is C36H26. The van der Waals surface area contributed by atoms with Gasteiger partial charge in [-0.1, -0.05) is 127 Å². The molecule has 6 aromatic rings. The summed E-state index contributed by atoms with van der Waals surface area (Å²) in [5, 5.41) is 10.5. The molecule has 0 heteroatoms. The Kier molecular flexibility index (Phi) is 4.85. The van der Waals surface area contributed by atoms with Crippen molar-refractivity contribution >= 4 is 48.7 Å². The highest BCUT2D eigenvalue weighted by molar-refractivity contribution is 6.27. The van der Waals surface area contributed by atoms with Gasteiger partial charge < -0.3 is 0 Å². The van der Waals surface area contributed by atoms with Crippen LogP contribution in [0.15, 0.2) is 133 Å². The lowest BCUT2D eigenvalue weighted by molar-refractivity contribution is 1.26. The first-order valence-corrected chi connectivity index (χ1v) is 12.7. The molecule has 0 saturated carbocycles. The fourth-order valence-electron chi connectivity index (χ4n) is 5.90. The Labute approximate surface area is 211 Å². The second-order valence-corrected chi connectivity index (χ2v) is 9.63. The molecule has 0 nitrogen and oxygen atoms in total. The van der Waals surface area contributed by atoms with Gasteiger partial charge in [-0.2, -0.15) is 0 Å². The average Bonchev–Trinajstić information content (AvgIpc) is 2.95. The molecule has 0 bridgehead atoms. The van der Waals surface area contributed by atoms with E-state index in [1.54, 1.807) is 0 Å². The van der Waals surface area contributed by atoms with Gasteiger partial charge in [0.25, 0.3) is 0 Å². The van der Waals surface area contributed by atoms with Crippen LogP contribution < -0.4 is 0 Å². The van der Waals surface area contributed by atoms with E-state index in [-0.39, 0.29) is 0 Å². The summed E-state index contributed by atoms with van der Waals surface area (Å²) in [5.41, 5.74) is 6.51. The van der Waals surface area contributed by atoms with Gasteiger partial charge in [0.1, 0.15) is 0 Å². The molecule has 0 saturated heterocycles. The van der Waals surface area contributed by atoms with Crippen LogP contribution in [-0.2, 0) is 0 Å². The second-order valence-electron chi connectivity index (χ2n) is 9.63. The summed E-state index contributed by atoms with van der Waals surface area (Å²) < 4.78 is 0. The third kappa shape index (κ3) is 3.22. The van der Waals surface area contributed by atoms with Crippen molar-refractivity contribution in [3.05, 3.63) is 139 Å². The Balaban J connectivity index is 1.52. The Morgan fingerprint density at radius 1 is 0.611 bits per heavy atom. The Hall–Kier alpha value is -4.42. The van der Waals surface area contributed by atoms with Crippen LogP contribution in [0.4, 0.5) is 0 Å². The number of rotatable bonds is 3. The molecule has 0 unspecified atom stereocenters. The van der Waals surface area contributed by atoms with Crippen molar-refractivity contribution in [2.75, 3.05) is 0 Å². The minimum Gasteiger partial charge on any atom is -0.0801 e. The van der Waals surface area contributed by atoms with Gasteiger partial charge in [0.05, 0.1) is 0 Å². The zero-order valence-electron chi connectivity index (χ0n) is 20.3. The van der Waals surface area contributed by atoms with Gasteiger partial charge >= 0.3 is 0 Å². The van der Waals surface area contributed by atoms with Crippen LogP contribution in [0.3, 0.4) is 0 Å². The molecule has 170 valence electrons. The maximum Gasteiger partial charge on any atom is -0.00203 e. The molecule has 6 aromatic carbocycles. The van der Waals surface area contributed by atoms with Crippen LogP contribution in [0.25, 0.3) is 59.8 Å². The summed E-state index contributed by atoms with van der Waals surface area (Å²) in [6.45, 7) is 2.14. The monoisotopic (exact) mass is 458 g/mol. The summed E-state index contributed by atoms with van der Waals surface area (Å²) in [6, 6.07) is 33.7. The number of allylic oxidation sites excluding steroid dienone is 8. The molecule has 0 radical (unpaired) electrons. The highest BCUT2D eigenvalue weighted by Gasteiger charge is 2.16. The molecule has 0 aliphatic heterocycles. The van der Waals surface area contributed by atoms with Gasteiger partial charge in [-0.25, -0.2) is 0 Å². The highest BCUT2D eigenvalue weighted by Crippen LogP contribution is 2.42. The zero-order chi connectivity index (χ0) is 24.1. The Bertz CT molecular complexity index is 1900. The molecular weight excluding hydrogens is 432 g/mol. The third-order valence-corrected chi connectivity index (χ3v) is 7.62. The first-order valence-electron chi connectivity index (χ1n) is 12.7. The van der Waals surface area contributed by atoms with Crippen LogP contribution >= 0.6 is 0 Å². The molecule has 36 heavy (non-hydrogen) atoms. The Morgan fingerprint density at radius 2 is 1.33 bits per heavy atom. The predicted octanol–water partition coefficient (Wildman–Crippen LogP) is 10.2. The normalized spacial score (nSPS) is 15.2. The summed E-state index contributed by atoms with van der Waals surface area (Å²) in [7, 11) is 0. The van der Waals surface area contributed by atoms with Gasteiger partial charge in [-0.3, -0.25) is 0 Å². The number of hydrogen-bond donors (Lipinski definition) is 0. The molecule has 0 fully saturated rings. The predicted molar refractivity (Wildman–Crippen MR) is 158 cm³/mol. The molecule has 0 heterocycles. The van der Waals surface area contributed by atoms with E-state index in [0.717, 1.165) is 6.42 Å². The van der Waals surface area contributed by atoms with Crippen LogP contribution in [0.5, 0.6) is 0 Å². The second kappa shape index (κ2) is 8.36. The smallest absolute Gasteiger partial charge is 0.00203 e. The van der Waals surface area contributed by atoms with Crippen LogP contribution in [0, 0.1) is 0 Å². The lowest BCUT2D eigenvalue weighted by atomic mass is 9.86. The summed E-state index contributed by atoms with van der Waals surface area (Å²) in [6.07, 6.45) is 14.3. The van der Waals surface area contributed by atoms with E-state index < -0.39 is 0 Å². The molecule has 0 spiro atoms. The summed E-state index contributed by atoms with van der Waals surface area (Å²) >= 11 is 0. The SMILES string of the molecule is C/C=C(\C=C1\C=CC=CC1)c1ccc2ccc3ccc(-c4cccc5ccccc45)c4ccc1c2c34. The molecule has 1 aliphatic rings. The van der Waals surface area contributed by atoms with E-state index in [4.69, 9.17) is 0 Å². The standard InChI is InChI=1S/C36H26/c1-2-25(23-24-9-4-3-5-10-24)30-19-17-27-15-16-28-18-20-32(34-22-21-33(30)35(27)36(28)34)31-14-8-12-26-11-6-7-13-29(26)31/h2-9,11-23H,10H2,1H3/b24-23-,25-2+. The first-order chi connectivity index (χ1) is 17.8. The maximum atomic E-state index is 2.34. The Morgan fingerprint density at radius 3 is 2.17 bits per heavy atom.